The van der Waals surface area contributed by atoms with Gasteiger partial charge in [0.15, 0.2) is 33.3 Å². The smallest absolute Gasteiger partial charge is 0.287 e. The van der Waals surface area contributed by atoms with Gasteiger partial charge in [0.05, 0.1) is 0 Å². The number of hydrazone groups is 2. The number of hydrogen-bond donors (Lipinski definition) is 0. The molecule has 0 saturated carbocycles. The first-order chi connectivity index (χ1) is 35.0. The minimum atomic E-state index is -0.567. The van der Waals surface area contributed by atoms with Gasteiger partial charge in [-0.25, -0.2) is 20.0 Å². The van der Waals surface area contributed by atoms with Crippen LogP contribution in [0.25, 0.3) is 34.1 Å². The molecule has 72 heavy (non-hydrogen) atoms. The molecular weight excluding hydrogens is 929 g/mol. The second-order valence-corrected chi connectivity index (χ2v) is 16.6. The van der Waals surface area contributed by atoms with Gasteiger partial charge in [0, 0.05) is 64.3 Å². The number of aliphatic imine (C=N–C) groups is 2. The fraction of sp³-hybridized carbons (Fsp3) is 0.136. The van der Waals surface area contributed by atoms with E-state index in [0.29, 0.717) is 67.9 Å². The van der Waals surface area contributed by atoms with E-state index in [1.807, 2.05) is 88.4 Å². The van der Waals surface area contributed by atoms with Crippen molar-refractivity contribution in [3.05, 3.63) is 140 Å². The van der Waals surface area contributed by atoms with Crippen molar-refractivity contribution in [2.24, 2.45) is 51.3 Å². The number of rotatable bonds is 0. The molecule has 4 aliphatic heterocycles. The summed E-state index contributed by atoms with van der Waals surface area (Å²) in [6.07, 6.45) is -1.13. The zero-order valence-electron chi connectivity index (χ0n) is 37.4. The highest BCUT2D eigenvalue weighted by atomic mass is 16.1. The molecular formula is C44H26N24O4+2. The lowest BCUT2D eigenvalue weighted by atomic mass is 10.0. The molecule has 0 fully saturated rings. The minimum absolute atomic E-state index is 0.109. The lowest BCUT2D eigenvalue weighted by Crippen LogP contribution is -2.29. The number of aromatic nitrogens is 12. The van der Waals surface area contributed by atoms with Crippen LogP contribution in [0.3, 0.4) is 0 Å². The van der Waals surface area contributed by atoms with Crippen molar-refractivity contribution in [1.82, 2.24) is 60.5 Å². The summed E-state index contributed by atoms with van der Waals surface area (Å²) in [7, 11) is 0. The van der Waals surface area contributed by atoms with E-state index in [1.165, 1.54) is 9.61 Å². The number of tetrazole rings is 2. The topological polar surface area (TPSA) is 336 Å². The average molecular weight is 955 g/mol. The highest BCUT2D eigenvalue weighted by Crippen LogP contribution is 2.37. The van der Waals surface area contributed by atoms with Crippen LogP contribution in [0.5, 0.6) is 0 Å². The first-order valence-corrected chi connectivity index (χ1v) is 21.7. The third kappa shape index (κ3) is 6.17. The van der Waals surface area contributed by atoms with Crippen molar-refractivity contribution in [2.75, 3.05) is 0 Å². The number of hydrogen-bond acceptors (Lipinski definition) is 24. The maximum Gasteiger partial charge on any atom is 0.374 e. The average Bonchev–Trinajstić information content (AvgIpc) is 4.28. The Hall–Kier alpha value is -10.5. The molecule has 0 saturated heterocycles. The molecule has 0 N–H and O–H groups in total. The van der Waals surface area contributed by atoms with Gasteiger partial charge >= 0.3 is 12.6 Å². The van der Waals surface area contributed by atoms with Crippen molar-refractivity contribution in [3.8, 4) is 22.5 Å². The minimum Gasteiger partial charge on any atom is -0.287 e. The number of fused-ring (bicyclic) bond motifs is 16. The van der Waals surface area contributed by atoms with E-state index in [-0.39, 0.29) is 34.7 Å². The van der Waals surface area contributed by atoms with Crippen LogP contribution in [-0.2, 0) is 0 Å². The number of carbonyl (C=O) groups excluding carboxylic acids is 4. The van der Waals surface area contributed by atoms with E-state index in [1.54, 1.807) is 12.1 Å². The number of aryl methyl sites for hydroxylation is 4. The standard InChI is InChI=1S/C11H7N6O.C11H6N6O.C11H7N6O.C11H6N6O/c2*1-5-3-2-4-6-7(5)8-9(10(6)18)14-17-11(12-8)13-15-16-17;2*1-5-3-2-4-6-7(5)10(18)9-8(6)12-11-13-15-16-17(11)14-9/h2-4,11H,1H3;2-4H,1H3;2-4,11H,1H3;2-4H,1H3/q+1;;+1;. The van der Waals surface area contributed by atoms with E-state index in [4.69, 9.17) is 0 Å². The maximum atomic E-state index is 12.3. The van der Waals surface area contributed by atoms with Crippen molar-refractivity contribution in [3.63, 3.8) is 0 Å². The summed E-state index contributed by atoms with van der Waals surface area (Å²) in [6.45, 7) is 7.69. The number of ketones is 4. The Morgan fingerprint density at radius 3 is 1.53 bits per heavy atom. The zero-order valence-corrected chi connectivity index (χ0v) is 37.4. The van der Waals surface area contributed by atoms with Crippen molar-refractivity contribution in [1.29, 1.82) is 0 Å². The predicted octanol–water partition coefficient (Wildman–Crippen LogP) is 3.83. The molecule has 8 aliphatic rings. The quantitative estimate of drug-likeness (QED) is 0.195. The molecule has 8 aromatic rings. The molecule has 0 amide bonds. The normalized spacial score (nSPS) is 17.9. The van der Waals surface area contributed by atoms with E-state index in [0.717, 1.165) is 53.8 Å². The van der Waals surface area contributed by atoms with Gasteiger partial charge in [-0.05, 0) is 70.8 Å². The van der Waals surface area contributed by atoms with Gasteiger partial charge in [-0.1, -0.05) is 102 Å². The van der Waals surface area contributed by atoms with E-state index < -0.39 is 12.6 Å². The first-order valence-electron chi connectivity index (χ1n) is 21.7. The second-order valence-electron chi connectivity index (χ2n) is 16.6. The fourth-order valence-electron chi connectivity index (χ4n) is 9.09. The van der Waals surface area contributed by atoms with Crippen LogP contribution in [0.2, 0.25) is 0 Å². The van der Waals surface area contributed by atoms with Gasteiger partial charge in [0.25, 0.3) is 11.6 Å². The first kappa shape index (κ1) is 41.6. The molecule has 8 heterocycles. The highest BCUT2D eigenvalue weighted by Gasteiger charge is 2.44. The fourth-order valence-corrected chi connectivity index (χ4v) is 9.09. The highest BCUT2D eigenvalue weighted by molar-refractivity contribution is 6.78. The molecule has 2 unspecified atom stereocenters. The monoisotopic (exact) mass is 954 g/mol. The second kappa shape index (κ2) is 15.5. The Bertz CT molecular complexity index is 4140. The number of Topliss-reactive ketones (excluding diaryl/α,β-unsaturated/α-hetero) is 2. The molecule has 2 atom stereocenters. The summed E-state index contributed by atoms with van der Waals surface area (Å²) < 4.78 is 2.33. The van der Waals surface area contributed by atoms with Crippen LogP contribution >= 0.6 is 0 Å². The number of carbonyl (C=O) groups is 4. The maximum absolute atomic E-state index is 12.3. The Balaban J connectivity index is 0.0000000933. The van der Waals surface area contributed by atoms with E-state index >= 15 is 0 Å². The summed E-state index contributed by atoms with van der Waals surface area (Å²) in [5.74, 6) is 0.0977. The van der Waals surface area contributed by atoms with Crippen LogP contribution in [0.15, 0.2) is 124 Å². The summed E-state index contributed by atoms with van der Waals surface area (Å²) in [4.78, 5) is 68.9. The zero-order chi connectivity index (χ0) is 49.1. The van der Waals surface area contributed by atoms with Gasteiger partial charge in [-0.2, -0.15) is 0 Å². The molecule has 4 aromatic heterocycles. The predicted molar refractivity (Wildman–Crippen MR) is 242 cm³/mol. The van der Waals surface area contributed by atoms with Crippen molar-refractivity contribution < 1.29 is 28.8 Å². The molecule has 28 heteroatoms. The summed E-state index contributed by atoms with van der Waals surface area (Å²) in [6, 6.07) is 22.5. The Morgan fingerprint density at radius 1 is 0.444 bits per heavy atom. The molecule has 344 valence electrons. The van der Waals surface area contributed by atoms with Crippen LogP contribution < -0.4 is 0 Å². The van der Waals surface area contributed by atoms with Crippen LogP contribution in [0.1, 0.15) is 86.2 Å². The van der Waals surface area contributed by atoms with Crippen molar-refractivity contribution in [2.45, 2.75) is 40.3 Å². The molecule has 4 aromatic carbocycles. The Morgan fingerprint density at radius 2 is 0.917 bits per heavy atom. The summed E-state index contributed by atoms with van der Waals surface area (Å²) in [5, 5.41) is 60.3. The molecule has 0 spiro atoms. The Labute approximate surface area is 399 Å². The van der Waals surface area contributed by atoms with Crippen molar-refractivity contribution >= 4 is 57.5 Å². The van der Waals surface area contributed by atoms with Gasteiger partial charge in [-0.3, -0.25) is 19.2 Å². The van der Waals surface area contributed by atoms with Crippen LogP contribution in [0, 0.1) is 27.7 Å². The number of benzene rings is 4. The van der Waals surface area contributed by atoms with E-state index in [9.17, 15) is 19.2 Å². The SMILES string of the molecule is Cc1cccc2c1-c1nc3nnnn3nc1C2=O.Cc1cccc2c1C(=O)C1=N[N+]3=NN=NC3N=C12.Cc1cccc2c1C(=O)c1nn3nnnc3nc1-2.Cc1cccc2c1C1=NC3N=NN=[N+]3N=C1C2=O. The van der Waals surface area contributed by atoms with Gasteiger partial charge in [-0.15, -0.1) is 10.2 Å². The van der Waals surface area contributed by atoms with Crippen LogP contribution in [0.4, 0.5) is 0 Å². The molecule has 16 rings (SSSR count). The summed E-state index contributed by atoms with van der Waals surface area (Å²) >= 11 is 0. The van der Waals surface area contributed by atoms with Crippen LogP contribution in [-0.4, -0.2) is 129 Å². The Kier molecular flexibility index (Phi) is 8.96. The lowest BCUT2D eigenvalue weighted by Gasteiger charge is -2.07. The van der Waals surface area contributed by atoms with Gasteiger partial charge in [0.1, 0.15) is 22.8 Å². The van der Waals surface area contributed by atoms with E-state index in [2.05, 4.69) is 103 Å². The van der Waals surface area contributed by atoms with Gasteiger partial charge < -0.3 is 0 Å². The third-order valence-electron chi connectivity index (χ3n) is 12.3. The summed E-state index contributed by atoms with van der Waals surface area (Å²) in [5.41, 5.74) is 13.3. The number of nitrogens with zero attached hydrogens (tertiary/aromatic N) is 24. The molecule has 0 radical (unpaired) electrons. The molecule has 28 nitrogen and oxygen atoms in total. The molecule has 4 aliphatic carbocycles. The largest absolute Gasteiger partial charge is 0.374 e. The third-order valence-corrected chi connectivity index (χ3v) is 12.3. The molecule has 0 bridgehead atoms. The van der Waals surface area contributed by atoms with Gasteiger partial charge in [0.2, 0.25) is 33.6 Å². The lowest BCUT2D eigenvalue weighted by molar-refractivity contribution is -0.623.